The molecule has 7 aromatic carbocycles. The van der Waals surface area contributed by atoms with E-state index in [1.807, 2.05) is 5.10 Å². The van der Waals surface area contributed by atoms with Crippen molar-refractivity contribution >= 4 is 165 Å². The summed E-state index contributed by atoms with van der Waals surface area (Å²) in [4.78, 5) is 41.3. The van der Waals surface area contributed by atoms with Crippen LogP contribution in [-0.4, -0.2) is 122 Å². The highest BCUT2D eigenvalue weighted by atomic mass is 32.2. The Hall–Kier alpha value is -9.78. The van der Waals surface area contributed by atoms with Crippen LogP contribution in [0.25, 0.3) is 27.2 Å². The van der Waals surface area contributed by atoms with E-state index in [1.165, 1.54) is 0 Å². The number of carboxylic acids is 2. The minimum absolute atomic E-state index is 0.00253. The molecule has 0 spiro atoms. The monoisotopic (exact) mass is 1420 g/mol. The number of benzene rings is 7. The Labute approximate surface area is 515 Å². The van der Waals surface area contributed by atoms with Crippen molar-refractivity contribution in [3.05, 3.63) is 117 Å². The van der Waals surface area contributed by atoms with Crippen LogP contribution in [-0.2, 0) is 69.3 Å². The van der Waals surface area contributed by atoms with Crippen LogP contribution in [0.5, 0.6) is 11.5 Å². The number of aromatic hydroxyl groups is 2. The number of aromatic nitrogens is 2. The summed E-state index contributed by atoms with van der Waals surface area (Å²) in [5.74, 6) is -6.17. The third kappa shape index (κ3) is 14.4. The molecule has 42 nitrogen and oxygen atoms in total. The number of anilines is 1. The SMILES string of the molecule is Nc1c(N=Nc2ccc3c(O)c(N=Nc4cc(S(=O)(=O)O)c(N=Nc5c(C(=O)O)[nH]n(-c6ccc(S(=O)(=O)O)cc6C(=O)O)c5=O)cc4SOOO)c(S(=O)(=O)O)cc3c2)cc(S(=O)(=O)O)c2cc(SOOO)c(N=Nc3ccc([N+](=O)[O-])cc3S(=O)(=O)O)c(O)c12. The maximum Gasteiger partial charge on any atom is 0.356 e. The van der Waals surface area contributed by atoms with Gasteiger partial charge in [0.1, 0.15) is 53.7 Å². The molecule has 482 valence electrons. The number of nitro benzene ring substituents is 1. The van der Waals surface area contributed by atoms with Crippen LogP contribution in [0.3, 0.4) is 0 Å². The number of hydrogen-bond acceptors (Lipinski definition) is 34. The van der Waals surface area contributed by atoms with Crippen LogP contribution in [0.2, 0.25) is 0 Å². The Balaban J connectivity index is 1.20. The molecule has 0 amide bonds. The van der Waals surface area contributed by atoms with Gasteiger partial charge in [0, 0.05) is 22.9 Å². The molecule has 14 N–H and O–H groups in total. The van der Waals surface area contributed by atoms with Crippen molar-refractivity contribution in [1.82, 2.24) is 9.78 Å². The summed E-state index contributed by atoms with van der Waals surface area (Å²) in [7, 11) is -26.8. The third-order valence-electron chi connectivity index (χ3n) is 11.8. The Morgan fingerprint density at radius 2 is 1.12 bits per heavy atom. The highest BCUT2D eigenvalue weighted by Crippen LogP contribution is 2.51. The summed E-state index contributed by atoms with van der Waals surface area (Å²) in [5.41, 5.74) is -6.40. The van der Waals surface area contributed by atoms with Crippen molar-refractivity contribution in [1.29, 1.82) is 0 Å². The zero-order chi connectivity index (χ0) is 67.9. The van der Waals surface area contributed by atoms with Gasteiger partial charge in [0.15, 0.2) is 22.9 Å². The lowest BCUT2D eigenvalue weighted by molar-refractivity contribution is -0.432. The number of nitro groups is 1. The van der Waals surface area contributed by atoms with E-state index >= 15 is 0 Å². The summed E-state index contributed by atoms with van der Waals surface area (Å²) in [6.07, 6.45) is 0. The smallest absolute Gasteiger partial charge is 0.356 e. The molecule has 92 heavy (non-hydrogen) atoms. The fourth-order valence-corrected chi connectivity index (χ4v) is 12.0. The molecule has 8 rings (SSSR count). The van der Waals surface area contributed by atoms with Gasteiger partial charge in [-0.15, -0.1) is 44.5 Å². The standard InChI is InChI=1S/C43H28N12O30S7/c44-34-25(14-29(89(70,71)72)21-11-28(87-85-83-66)35(40(57)33(21)34)50-46-22-5-2-17(55(63)64)9-30(22)90(73,74)75)49-45-16-1-4-19-15(7-16)8-32(92(79,80)81)36(39(19)56)51-47-23-13-31(91(76,77)78)24(12-27(23)86-84-82-65)48-52-37-38(43(61)62)53-54(41(37)58)26-6-3-18(88(67,68)69)10-20(26)42(59)60/h1-14,53,56-57,65-66H,44H2,(H,59,60)(H,61,62)(H,67,68,69)(H,70,71,72)(H,73,74,75)(H,76,77,78)(H,79,80,81). The molecule has 0 aliphatic rings. The number of phenolic OH excluding ortho intramolecular Hbond substituents is 2. The minimum atomic E-state index is -5.58. The largest absolute Gasteiger partial charge is 0.505 e. The van der Waals surface area contributed by atoms with E-state index in [0.717, 1.165) is 36.4 Å². The second kappa shape index (κ2) is 25.8. The maximum atomic E-state index is 13.6. The van der Waals surface area contributed by atoms with Crippen molar-refractivity contribution < 1.29 is 129 Å². The summed E-state index contributed by atoms with van der Waals surface area (Å²) in [6.45, 7) is 0. The molecular formula is C43H28N12O30S7. The van der Waals surface area contributed by atoms with E-state index in [-0.39, 0.29) is 45.2 Å². The molecule has 0 saturated carbocycles. The predicted molar refractivity (Wildman–Crippen MR) is 303 cm³/mol. The lowest BCUT2D eigenvalue weighted by atomic mass is 10.0. The first-order valence-corrected chi connectivity index (χ1v) is 31.7. The van der Waals surface area contributed by atoms with E-state index in [2.05, 4.69) is 59.7 Å². The highest BCUT2D eigenvalue weighted by molar-refractivity contribution is 7.95. The van der Waals surface area contributed by atoms with E-state index in [9.17, 15) is 110 Å². The minimum Gasteiger partial charge on any atom is -0.505 e. The molecule has 0 atom stereocenters. The highest BCUT2D eigenvalue weighted by Gasteiger charge is 2.30. The average molecular weight is 1420 g/mol. The molecular weight excluding hydrogens is 1390 g/mol. The lowest BCUT2D eigenvalue weighted by Gasteiger charge is -2.14. The normalized spacial score (nSPS) is 12.8. The molecule has 1 heterocycles. The van der Waals surface area contributed by atoms with Crippen LogP contribution in [0, 0.1) is 10.1 Å². The van der Waals surface area contributed by atoms with Crippen molar-refractivity contribution in [2.75, 3.05) is 5.73 Å². The summed E-state index contributed by atoms with van der Waals surface area (Å²) >= 11 is -0.0771. The second-order valence-corrected chi connectivity index (χ2v) is 25.8. The second-order valence-electron chi connectivity index (χ2n) is 17.4. The van der Waals surface area contributed by atoms with Gasteiger partial charge in [-0.05, 0) is 78.2 Å². The molecule has 0 bridgehead atoms. The fraction of sp³-hybridized carbons (Fsp3) is 0. The third-order valence-corrected chi connectivity index (χ3v) is 17.5. The number of nitrogens with one attached hydrogen (secondary N) is 1. The van der Waals surface area contributed by atoms with Crippen molar-refractivity contribution in [2.24, 2.45) is 40.9 Å². The summed E-state index contributed by atoms with van der Waals surface area (Å²) in [5, 5.41) is 109. The maximum absolute atomic E-state index is 13.6. The number of phenols is 2. The Kier molecular flexibility index (Phi) is 19.1. The summed E-state index contributed by atoms with van der Waals surface area (Å²) < 4.78 is 184. The van der Waals surface area contributed by atoms with Crippen molar-refractivity contribution in [2.45, 2.75) is 34.3 Å². The van der Waals surface area contributed by atoms with E-state index < -0.39 is 198 Å². The quantitative estimate of drug-likeness (QED) is 0.00542. The van der Waals surface area contributed by atoms with Crippen LogP contribution >= 0.6 is 24.1 Å². The van der Waals surface area contributed by atoms with Crippen LogP contribution in [0.15, 0.2) is 165 Å². The first kappa shape index (κ1) is 68.1. The Bertz CT molecular complexity index is 5290. The number of aromatic carboxylic acids is 2. The van der Waals surface area contributed by atoms with Crippen molar-refractivity contribution in [3.63, 3.8) is 0 Å². The molecule has 0 radical (unpaired) electrons. The fourth-order valence-electron chi connectivity index (χ4n) is 7.94. The Morgan fingerprint density at radius 3 is 1.71 bits per heavy atom. The number of hydrogen-bond donors (Lipinski definition) is 13. The molecule has 8 aromatic rings. The van der Waals surface area contributed by atoms with Crippen LogP contribution < -0.4 is 11.3 Å². The number of rotatable bonds is 23. The van der Waals surface area contributed by atoms with Gasteiger partial charge in [-0.3, -0.25) is 42.8 Å². The van der Waals surface area contributed by atoms with Crippen molar-refractivity contribution in [3.8, 4) is 17.2 Å². The number of nitrogens with zero attached hydrogens (tertiary/aromatic N) is 10. The van der Waals surface area contributed by atoms with Crippen LogP contribution in [0.4, 0.5) is 56.9 Å². The number of nitrogens with two attached hydrogens (primary N) is 1. The van der Waals surface area contributed by atoms with E-state index in [0.29, 0.717) is 48.5 Å². The number of aromatic amines is 1. The predicted octanol–water partition coefficient (Wildman–Crippen LogP) is 8.52. The number of H-pyrrole nitrogens is 1. The van der Waals surface area contributed by atoms with E-state index in [4.69, 9.17) is 16.2 Å². The van der Waals surface area contributed by atoms with Gasteiger partial charge in [0.25, 0.3) is 61.8 Å². The van der Waals surface area contributed by atoms with Gasteiger partial charge in [0.05, 0.1) is 71.7 Å². The molecule has 0 aliphatic carbocycles. The number of carbonyl (C=O) groups is 2. The zero-order valence-corrected chi connectivity index (χ0v) is 49.4. The average Bonchev–Trinajstić information content (AvgIpc) is 0.826. The molecule has 0 saturated heterocycles. The topological polar surface area (TPSA) is 670 Å². The van der Waals surface area contributed by atoms with Gasteiger partial charge >= 0.3 is 11.9 Å². The molecule has 49 heteroatoms. The number of fused-ring (bicyclic) bond motifs is 2. The van der Waals surface area contributed by atoms with Gasteiger partial charge < -0.3 is 26.2 Å². The number of non-ortho nitro benzene ring substituents is 1. The number of azo groups is 4. The lowest BCUT2D eigenvalue weighted by Crippen LogP contribution is -2.18. The summed E-state index contributed by atoms with van der Waals surface area (Å²) in [6, 6.07) is 9.69. The van der Waals surface area contributed by atoms with Gasteiger partial charge in [-0.1, -0.05) is 10.1 Å². The zero-order valence-electron chi connectivity index (χ0n) is 43.7. The number of carboxylic acid groups (broad SMARTS) is 2. The Morgan fingerprint density at radius 1 is 0.554 bits per heavy atom. The number of nitrogen functional groups attached to an aromatic ring is 1. The molecule has 0 fully saturated rings. The van der Waals surface area contributed by atoms with Gasteiger partial charge in [-0.25, -0.2) is 24.8 Å². The first-order valence-electron chi connectivity index (χ1n) is 23.0. The molecule has 0 unspecified atom stereocenters. The van der Waals surface area contributed by atoms with Gasteiger partial charge in [-0.2, -0.15) is 47.2 Å². The first-order chi connectivity index (χ1) is 42.8. The molecule has 0 aliphatic heterocycles. The van der Waals surface area contributed by atoms with E-state index in [1.54, 1.807) is 0 Å². The van der Waals surface area contributed by atoms with Gasteiger partial charge in [0.2, 0.25) is 0 Å². The molecule has 1 aromatic heterocycles. The van der Waals surface area contributed by atoms with Crippen LogP contribution in [0.1, 0.15) is 20.8 Å².